The minimum atomic E-state index is 1.31. The van der Waals surface area contributed by atoms with Crippen LogP contribution in [0, 0.1) is 27.7 Å². The van der Waals surface area contributed by atoms with Crippen LogP contribution < -0.4 is 0 Å². The van der Waals surface area contributed by atoms with Gasteiger partial charge in [-0.3, -0.25) is 0 Å². The first-order chi connectivity index (χ1) is 14.0. The number of hydrogen-bond donors (Lipinski definition) is 0. The Bertz CT molecular complexity index is 885. The van der Waals surface area contributed by atoms with Crippen LogP contribution in [0.4, 0.5) is 0 Å². The predicted molar refractivity (Wildman–Crippen MR) is 128 cm³/mol. The Kier molecular flexibility index (Phi) is 10.3. The van der Waals surface area contributed by atoms with Gasteiger partial charge in [-0.25, -0.2) is 0 Å². The van der Waals surface area contributed by atoms with Crippen LogP contribution in [0.25, 0.3) is 21.5 Å². The molecule has 1 radical (unpaired) electrons. The summed E-state index contributed by atoms with van der Waals surface area (Å²) in [5.41, 5.74) is 5.48. The molecule has 0 N–H and O–H groups in total. The summed E-state index contributed by atoms with van der Waals surface area (Å²) in [6.07, 6.45) is 5.63. The maximum atomic E-state index is 2.26. The molecule has 0 spiro atoms. The zero-order valence-corrected chi connectivity index (χ0v) is 23.2. The van der Waals surface area contributed by atoms with Crippen LogP contribution in [-0.4, -0.2) is 6.22 Å². The molecule has 2 heteroatoms. The first-order valence-corrected chi connectivity index (χ1v) is 17.2. The molecule has 29 heavy (non-hydrogen) atoms. The number of aryl methyl sites for hydroxylation is 4. The smallest absolute Gasteiger partial charge is 0.0488 e. The molecule has 0 amide bonds. The van der Waals surface area contributed by atoms with Gasteiger partial charge in [-0.2, -0.15) is 24.3 Å². The molecule has 4 aromatic carbocycles. The largest absolute Gasteiger partial charge is 0.168 e. The Morgan fingerprint density at radius 1 is 0.690 bits per heavy atom. The van der Waals surface area contributed by atoms with E-state index in [4.69, 9.17) is 0 Å². The maximum Gasteiger partial charge on any atom is -0.0488 e. The Hall–Kier alpha value is -1.25. The first-order valence-electron chi connectivity index (χ1n) is 10.6. The fourth-order valence-corrected chi connectivity index (χ4v) is 5.87. The van der Waals surface area contributed by atoms with Crippen LogP contribution in [0.15, 0.2) is 60.7 Å². The molecule has 0 heterocycles. The Balaban J connectivity index is 0.000000161. The van der Waals surface area contributed by atoms with E-state index in [0.717, 1.165) is 0 Å². The standard InChI is InChI=1S/2C11H11.C5H11Si.Hf/c2*1-8-6-7-9(2)11-5-3-4-10(8)11;1-2-3-4-5-6;/h2*3-7H,1-2H3;2-5H2,1H3;/q2*-1;;+2. The molecule has 0 aromatic heterocycles. The summed E-state index contributed by atoms with van der Waals surface area (Å²) < 4.78 is 0. The molecular weight excluding hydrogens is 531 g/mol. The van der Waals surface area contributed by atoms with Crippen LogP contribution >= 0.6 is 0 Å². The van der Waals surface area contributed by atoms with E-state index in [9.17, 15) is 0 Å². The molecule has 0 saturated carbocycles. The van der Waals surface area contributed by atoms with E-state index in [1.165, 1.54) is 98.3 Å². The molecule has 0 fully saturated rings. The van der Waals surface area contributed by atoms with Gasteiger partial charge >= 0.3 is 61.4 Å². The number of benzene rings is 2. The second-order valence-electron chi connectivity index (χ2n) is 7.74. The van der Waals surface area contributed by atoms with Gasteiger partial charge < -0.3 is 0 Å². The Morgan fingerprint density at radius 2 is 1.14 bits per heavy atom. The average molecular weight is 564 g/mol. The van der Waals surface area contributed by atoms with E-state index < -0.39 is 0 Å². The second-order valence-corrected chi connectivity index (χ2v) is 12.4. The summed E-state index contributed by atoms with van der Waals surface area (Å²) in [5, 5.41) is 5.57. The molecule has 0 aliphatic heterocycles. The van der Waals surface area contributed by atoms with E-state index in [-0.39, 0.29) is 0 Å². The van der Waals surface area contributed by atoms with Gasteiger partial charge in [0.2, 0.25) is 0 Å². The minimum absolute atomic E-state index is 1.31. The van der Waals surface area contributed by atoms with Crippen molar-refractivity contribution in [3.05, 3.63) is 82.9 Å². The number of hydrogen-bond acceptors (Lipinski definition) is 0. The molecule has 0 aliphatic carbocycles. The van der Waals surface area contributed by atoms with Crippen molar-refractivity contribution in [3.63, 3.8) is 0 Å². The number of fused-ring (bicyclic) bond motifs is 2. The SMILES string of the molecule is CCCCC[Si]=[Hf+2].Cc1ccc(C)c2[cH-]ccc12.Cc1ccc(C)c2[cH-]ccc12. The third-order valence-electron chi connectivity index (χ3n) is 5.40. The van der Waals surface area contributed by atoms with E-state index >= 15 is 0 Å². The maximum absolute atomic E-state index is 2.26. The van der Waals surface area contributed by atoms with Crippen molar-refractivity contribution in [2.75, 3.05) is 0 Å². The molecule has 0 nitrogen and oxygen atoms in total. The molecule has 149 valence electrons. The summed E-state index contributed by atoms with van der Waals surface area (Å²) in [6.45, 7) is 10.9. The van der Waals surface area contributed by atoms with Gasteiger partial charge in [0.1, 0.15) is 0 Å². The van der Waals surface area contributed by atoms with Crippen LogP contribution in [-0.2, 0) is 23.0 Å². The monoisotopic (exact) mass is 565 g/mol. The molecule has 0 aliphatic rings. The molecule has 0 atom stereocenters. The van der Waals surface area contributed by atoms with Gasteiger partial charge in [0, 0.05) is 0 Å². The molecule has 0 bridgehead atoms. The van der Waals surface area contributed by atoms with Gasteiger partial charge in [0.05, 0.1) is 0 Å². The number of unbranched alkanes of at least 4 members (excludes halogenated alkanes) is 2. The van der Waals surface area contributed by atoms with Crippen molar-refractivity contribution in [2.45, 2.75) is 59.9 Å². The normalized spacial score (nSPS) is 10.3. The summed E-state index contributed by atoms with van der Waals surface area (Å²) in [5.74, 6) is 0. The van der Waals surface area contributed by atoms with Crippen molar-refractivity contribution in [3.8, 4) is 0 Å². The molecule has 4 rings (SSSR count). The zero-order valence-electron chi connectivity index (χ0n) is 18.6. The van der Waals surface area contributed by atoms with E-state index in [2.05, 4.69) is 95.3 Å². The average Bonchev–Trinajstić information content (AvgIpc) is 3.40. The Morgan fingerprint density at radius 3 is 1.52 bits per heavy atom. The third-order valence-corrected chi connectivity index (χ3v) is 8.70. The summed E-state index contributed by atoms with van der Waals surface area (Å²) in [6, 6.07) is 23.2. The summed E-state index contributed by atoms with van der Waals surface area (Å²) in [7, 11) is 0. The van der Waals surface area contributed by atoms with Gasteiger partial charge in [-0.05, 0) is 13.8 Å². The van der Waals surface area contributed by atoms with E-state index in [1.807, 2.05) is 0 Å². The third kappa shape index (κ3) is 6.89. The summed E-state index contributed by atoms with van der Waals surface area (Å²) in [4.78, 5) is 0. The van der Waals surface area contributed by atoms with E-state index in [1.54, 1.807) is 0 Å². The fraction of sp³-hybridized carbons (Fsp3) is 0.333. The zero-order chi connectivity index (χ0) is 21.2. The Labute approximate surface area is 192 Å². The summed E-state index contributed by atoms with van der Waals surface area (Å²) >= 11 is 1.43. The van der Waals surface area contributed by atoms with Crippen molar-refractivity contribution >= 4 is 27.8 Å². The topological polar surface area (TPSA) is 0 Å². The van der Waals surface area contributed by atoms with Crippen LogP contribution in [0.3, 0.4) is 0 Å². The van der Waals surface area contributed by atoms with Crippen LogP contribution in [0.1, 0.15) is 48.4 Å². The molecule has 0 unspecified atom stereocenters. The molecule has 0 saturated heterocycles. The van der Waals surface area contributed by atoms with Crippen molar-refractivity contribution in [1.82, 2.24) is 0 Å². The van der Waals surface area contributed by atoms with Gasteiger partial charge in [0.15, 0.2) is 0 Å². The van der Waals surface area contributed by atoms with Crippen molar-refractivity contribution < 1.29 is 23.0 Å². The minimum Gasteiger partial charge on any atom is -0.168 e. The van der Waals surface area contributed by atoms with Crippen molar-refractivity contribution in [1.29, 1.82) is 0 Å². The van der Waals surface area contributed by atoms with Crippen LogP contribution in [0.2, 0.25) is 6.04 Å². The fourth-order valence-electron chi connectivity index (χ4n) is 3.54. The molecule has 4 aromatic rings. The van der Waals surface area contributed by atoms with E-state index in [0.29, 0.717) is 0 Å². The second kappa shape index (κ2) is 12.4. The van der Waals surface area contributed by atoms with Gasteiger partial charge in [-0.1, -0.05) is 37.1 Å². The van der Waals surface area contributed by atoms with Crippen molar-refractivity contribution in [2.24, 2.45) is 0 Å². The van der Waals surface area contributed by atoms with Gasteiger partial charge in [0.25, 0.3) is 0 Å². The predicted octanol–water partition coefficient (Wildman–Crippen LogP) is 8.11. The number of rotatable bonds is 4. The first kappa shape index (κ1) is 24.0. The molecular formula is C27H33HfSi. The van der Waals surface area contributed by atoms with Crippen LogP contribution in [0.5, 0.6) is 0 Å². The van der Waals surface area contributed by atoms with Gasteiger partial charge in [-0.15, -0.1) is 56.9 Å². The quantitative estimate of drug-likeness (QED) is 0.134.